The van der Waals surface area contributed by atoms with Crippen molar-refractivity contribution in [3.05, 3.63) is 0 Å². The normalized spacial score (nSPS) is 31.2. The largest absolute Gasteiger partial charge is 0.381 e. The van der Waals surface area contributed by atoms with E-state index in [2.05, 4.69) is 17.1 Å². The van der Waals surface area contributed by atoms with Gasteiger partial charge >= 0.3 is 0 Å². The van der Waals surface area contributed by atoms with E-state index in [0.29, 0.717) is 6.04 Å². The first-order valence-electron chi connectivity index (χ1n) is 7.91. The smallest absolute Gasteiger partial charge is 0.0480 e. The fourth-order valence-corrected chi connectivity index (χ4v) is 3.19. The summed E-state index contributed by atoms with van der Waals surface area (Å²) in [6, 6.07) is 1.51. The molecule has 2 aliphatic rings. The maximum Gasteiger partial charge on any atom is 0.0480 e. The number of ether oxygens (including phenoxy) is 1. The highest BCUT2D eigenvalue weighted by Gasteiger charge is 2.17. The average molecular weight is 254 g/mol. The van der Waals surface area contributed by atoms with Crippen molar-refractivity contribution in [2.75, 3.05) is 32.8 Å². The summed E-state index contributed by atoms with van der Waals surface area (Å²) in [7, 11) is 0. The summed E-state index contributed by atoms with van der Waals surface area (Å²) in [5.74, 6) is 0. The van der Waals surface area contributed by atoms with Gasteiger partial charge in [-0.3, -0.25) is 0 Å². The summed E-state index contributed by atoms with van der Waals surface area (Å²) in [6.07, 6.45) is 9.23. The van der Waals surface area contributed by atoms with Gasteiger partial charge in [-0.05, 0) is 65.1 Å². The molecule has 0 aromatic rings. The molecule has 2 aliphatic heterocycles. The number of nitrogens with one attached hydrogen (secondary N) is 1. The Morgan fingerprint density at radius 2 is 2.06 bits per heavy atom. The zero-order valence-corrected chi connectivity index (χ0v) is 12.0. The highest BCUT2D eigenvalue weighted by Crippen LogP contribution is 2.16. The molecule has 2 unspecified atom stereocenters. The van der Waals surface area contributed by atoms with Crippen LogP contribution in [0.1, 0.15) is 51.9 Å². The highest BCUT2D eigenvalue weighted by molar-refractivity contribution is 4.74. The minimum atomic E-state index is 0.700. The maximum atomic E-state index is 5.49. The van der Waals surface area contributed by atoms with E-state index in [9.17, 15) is 0 Å². The lowest BCUT2D eigenvalue weighted by molar-refractivity contribution is 0.142. The molecule has 2 atom stereocenters. The second-order valence-electron chi connectivity index (χ2n) is 5.93. The van der Waals surface area contributed by atoms with Crippen LogP contribution in [0.3, 0.4) is 0 Å². The molecule has 0 aliphatic carbocycles. The van der Waals surface area contributed by atoms with Gasteiger partial charge in [-0.2, -0.15) is 0 Å². The first-order valence-corrected chi connectivity index (χ1v) is 7.91. The van der Waals surface area contributed by atoms with Gasteiger partial charge < -0.3 is 15.0 Å². The number of nitrogens with zero attached hydrogens (tertiary/aromatic N) is 1. The Bertz CT molecular complexity index is 215. The van der Waals surface area contributed by atoms with Crippen LogP contribution in [0.5, 0.6) is 0 Å². The monoisotopic (exact) mass is 254 g/mol. The Morgan fingerprint density at radius 3 is 2.94 bits per heavy atom. The molecule has 2 heterocycles. The fraction of sp³-hybridized carbons (Fsp3) is 1.00. The standard InChI is InChI=1S/C15H30N2O/c1-14-6-2-3-10-17(14)11-5-9-16-15-7-4-12-18-13-8-15/h14-16H,2-13H2,1H3. The number of rotatable bonds is 5. The van der Waals surface area contributed by atoms with Gasteiger partial charge in [0.05, 0.1) is 0 Å². The fourth-order valence-electron chi connectivity index (χ4n) is 3.19. The van der Waals surface area contributed by atoms with Crippen molar-refractivity contribution in [2.45, 2.75) is 64.0 Å². The Labute approximate surface area is 112 Å². The van der Waals surface area contributed by atoms with Gasteiger partial charge in [0.25, 0.3) is 0 Å². The van der Waals surface area contributed by atoms with Crippen LogP contribution >= 0.6 is 0 Å². The van der Waals surface area contributed by atoms with Gasteiger partial charge in [-0.1, -0.05) is 6.42 Å². The van der Waals surface area contributed by atoms with Crippen LogP contribution < -0.4 is 5.32 Å². The van der Waals surface area contributed by atoms with Crippen molar-refractivity contribution in [1.82, 2.24) is 10.2 Å². The van der Waals surface area contributed by atoms with E-state index in [1.807, 2.05) is 0 Å². The van der Waals surface area contributed by atoms with Crippen molar-refractivity contribution >= 4 is 0 Å². The van der Waals surface area contributed by atoms with Crippen molar-refractivity contribution in [3.8, 4) is 0 Å². The van der Waals surface area contributed by atoms with Crippen molar-refractivity contribution in [1.29, 1.82) is 0 Å². The predicted octanol–water partition coefficient (Wildman–Crippen LogP) is 2.41. The second-order valence-corrected chi connectivity index (χ2v) is 5.93. The van der Waals surface area contributed by atoms with E-state index in [-0.39, 0.29) is 0 Å². The third kappa shape index (κ3) is 4.87. The van der Waals surface area contributed by atoms with Crippen LogP contribution in [0.2, 0.25) is 0 Å². The summed E-state index contributed by atoms with van der Waals surface area (Å²) < 4.78 is 5.49. The molecule has 0 aromatic carbocycles. The third-order valence-electron chi connectivity index (χ3n) is 4.45. The van der Waals surface area contributed by atoms with Gasteiger partial charge in [0.15, 0.2) is 0 Å². The molecule has 2 saturated heterocycles. The van der Waals surface area contributed by atoms with Crippen LogP contribution in [-0.2, 0) is 4.74 Å². The van der Waals surface area contributed by atoms with Crippen LogP contribution in [0.4, 0.5) is 0 Å². The molecule has 2 rings (SSSR count). The molecule has 2 fully saturated rings. The summed E-state index contributed by atoms with van der Waals surface area (Å²) in [5, 5.41) is 3.71. The Balaban J connectivity index is 1.54. The summed E-state index contributed by atoms with van der Waals surface area (Å²) in [4.78, 5) is 2.67. The van der Waals surface area contributed by atoms with Crippen molar-refractivity contribution in [3.63, 3.8) is 0 Å². The molecule has 18 heavy (non-hydrogen) atoms. The second kappa shape index (κ2) is 8.13. The lowest BCUT2D eigenvalue weighted by Crippen LogP contribution is -2.39. The van der Waals surface area contributed by atoms with E-state index in [4.69, 9.17) is 4.74 Å². The zero-order chi connectivity index (χ0) is 12.6. The molecule has 0 bridgehead atoms. The number of piperidine rings is 1. The van der Waals surface area contributed by atoms with Gasteiger partial charge in [0, 0.05) is 25.3 Å². The SMILES string of the molecule is CC1CCCCN1CCCNC1CCCOCC1. The zero-order valence-electron chi connectivity index (χ0n) is 12.0. The van der Waals surface area contributed by atoms with E-state index in [1.54, 1.807) is 0 Å². The molecule has 3 nitrogen and oxygen atoms in total. The highest BCUT2D eigenvalue weighted by atomic mass is 16.5. The van der Waals surface area contributed by atoms with E-state index >= 15 is 0 Å². The molecular weight excluding hydrogens is 224 g/mol. The van der Waals surface area contributed by atoms with Gasteiger partial charge in [-0.15, -0.1) is 0 Å². The molecule has 1 N–H and O–H groups in total. The van der Waals surface area contributed by atoms with Crippen LogP contribution in [-0.4, -0.2) is 49.8 Å². The predicted molar refractivity (Wildman–Crippen MR) is 76.0 cm³/mol. The summed E-state index contributed by atoms with van der Waals surface area (Å²) >= 11 is 0. The van der Waals surface area contributed by atoms with E-state index in [1.165, 1.54) is 64.6 Å². The van der Waals surface area contributed by atoms with Crippen LogP contribution in [0.15, 0.2) is 0 Å². The van der Waals surface area contributed by atoms with Crippen LogP contribution in [0.25, 0.3) is 0 Å². The molecular formula is C15H30N2O. The first kappa shape index (κ1) is 14.3. The minimum Gasteiger partial charge on any atom is -0.381 e. The molecule has 0 aromatic heterocycles. The van der Waals surface area contributed by atoms with Crippen molar-refractivity contribution < 1.29 is 4.74 Å². The van der Waals surface area contributed by atoms with Gasteiger partial charge in [-0.25, -0.2) is 0 Å². The molecule has 0 saturated carbocycles. The van der Waals surface area contributed by atoms with E-state index < -0.39 is 0 Å². The quantitative estimate of drug-likeness (QED) is 0.763. The number of hydrogen-bond acceptors (Lipinski definition) is 3. The lowest BCUT2D eigenvalue weighted by atomic mass is 10.0. The number of hydrogen-bond donors (Lipinski definition) is 1. The topological polar surface area (TPSA) is 24.5 Å². The van der Waals surface area contributed by atoms with Crippen molar-refractivity contribution in [2.24, 2.45) is 0 Å². The Hall–Kier alpha value is -0.120. The number of likely N-dealkylation sites (tertiary alicyclic amines) is 1. The third-order valence-corrected chi connectivity index (χ3v) is 4.45. The van der Waals surface area contributed by atoms with E-state index in [0.717, 1.165) is 19.3 Å². The summed E-state index contributed by atoms with van der Waals surface area (Å²) in [5.41, 5.74) is 0. The molecule has 3 heteroatoms. The molecule has 106 valence electrons. The van der Waals surface area contributed by atoms with Gasteiger partial charge in [0.1, 0.15) is 0 Å². The Morgan fingerprint density at radius 1 is 1.11 bits per heavy atom. The van der Waals surface area contributed by atoms with Crippen LogP contribution in [0, 0.1) is 0 Å². The first-order chi connectivity index (χ1) is 8.86. The average Bonchev–Trinajstić information content (AvgIpc) is 2.65. The molecule has 0 amide bonds. The molecule has 0 radical (unpaired) electrons. The summed E-state index contributed by atoms with van der Waals surface area (Å²) in [6.45, 7) is 8.06. The Kier molecular flexibility index (Phi) is 6.46. The molecule has 0 spiro atoms. The lowest BCUT2D eigenvalue weighted by Gasteiger charge is -2.33. The maximum absolute atomic E-state index is 5.49. The van der Waals surface area contributed by atoms with Gasteiger partial charge in [0.2, 0.25) is 0 Å². The minimum absolute atomic E-state index is 0.700.